The van der Waals surface area contributed by atoms with Crippen LogP contribution in [0.5, 0.6) is 5.75 Å². The van der Waals surface area contributed by atoms with Gasteiger partial charge in [-0.3, -0.25) is 4.90 Å². The summed E-state index contributed by atoms with van der Waals surface area (Å²) in [6, 6.07) is 4.42. The molecule has 0 radical (unpaired) electrons. The molecule has 1 saturated heterocycles. The van der Waals surface area contributed by atoms with Crippen molar-refractivity contribution >= 4 is 24.0 Å². The second kappa shape index (κ2) is 7.14. The first-order chi connectivity index (χ1) is 8.15. The molecule has 2 rings (SSSR count). The molecule has 6 heteroatoms. The highest BCUT2D eigenvalue weighted by Gasteiger charge is 2.18. The van der Waals surface area contributed by atoms with Crippen molar-refractivity contribution in [2.24, 2.45) is 5.73 Å². The summed E-state index contributed by atoms with van der Waals surface area (Å²) in [5, 5.41) is 0.308. The van der Waals surface area contributed by atoms with Crippen LogP contribution >= 0.6 is 24.0 Å². The number of hydrogen-bond donors (Lipinski definition) is 1. The average molecular weight is 295 g/mol. The highest BCUT2D eigenvalue weighted by molar-refractivity contribution is 6.32. The van der Waals surface area contributed by atoms with Gasteiger partial charge in [0.05, 0.1) is 5.02 Å². The van der Waals surface area contributed by atoms with Gasteiger partial charge in [0.15, 0.2) is 0 Å². The van der Waals surface area contributed by atoms with Gasteiger partial charge in [-0.15, -0.1) is 12.4 Å². The lowest BCUT2D eigenvalue weighted by molar-refractivity contribution is 0.236. The zero-order valence-electron chi connectivity index (χ0n) is 9.94. The van der Waals surface area contributed by atoms with Crippen LogP contribution in [0.4, 0.5) is 4.39 Å². The lowest BCUT2D eigenvalue weighted by Crippen LogP contribution is -2.29. The van der Waals surface area contributed by atoms with E-state index in [0.29, 0.717) is 17.4 Å². The molecular weight excluding hydrogens is 278 g/mol. The van der Waals surface area contributed by atoms with E-state index >= 15 is 0 Å². The largest absolute Gasteiger partial charge is 0.491 e. The number of likely N-dealkylation sites (tertiary alicyclic amines) is 1. The Morgan fingerprint density at radius 1 is 1.50 bits per heavy atom. The molecule has 2 N–H and O–H groups in total. The maximum atomic E-state index is 12.8. The van der Waals surface area contributed by atoms with Crippen molar-refractivity contribution in [2.75, 3.05) is 26.2 Å². The Balaban J connectivity index is 0.00000162. The molecule has 0 spiro atoms. The third-order valence-electron chi connectivity index (χ3n) is 2.87. The van der Waals surface area contributed by atoms with E-state index in [1.807, 2.05) is 0 Å². The maximum absolute atomic E-state index is 12.8. The molecule has 1 fully saturated rings. The maximum Gasteiger partial charge on any atom is 0.138 e. The van der Waals surface area contributed by atoms with Crippen LogP contribution in [0.3, 0.4) is 0 Å². The molecule has 1 aliphatic rings. The number of benzene rings is 1. The summed E-state index contributed by atoms with van der Waals surface area (Å²) in [7, 11) is 0. The monoisotopic (exact) mass is 294 g/mol. The average Bonchev–Trinajstić information content (AvgIpc) is 2.68. The minimum atomic E-state index is -0.354. The highest BCUT2D eigenvalue weighted by atomic mass is 35.5. The SMILES string of the molecule is Cl.N[C@H]1CCN(CCOc2ccc(F)cc2Cl)C1. The van der Waals surface area contributed by atoms with Crippen LogP contribution in [0.25, 0.3) is 0 Å². The number of ether oxygens (including phenoxy) is 1. The summed E-state index contributed by atoms with van der Waals surface area (Å²) in [4.78, 5) is 2.25. The Labute approximate surface area is 117 Å². The van der Waals surface area contributed by atoms with Gasteiger partial charge in [-0.05, 0) is 31.2 Å². The first kappa shape index (κ1) is 15.5. The van der Waals surface area contributed by atoms with Crippen LogP contribution in [0.1, 0.15) is 6.42 Å². The van der Waals surface area contributed by atoms with Crippen molar-refractivity contribution in [2.45, 2.75) is 12.5 Å². The van der Waals surface area contributed by atoms with Crippen LogP contribution in [0, 0.1) is 5.82 Å². The summed E-state index contributed by atoms with van der Waals surface area (Å²) in [6.45, 7) is 3.29. The third kappa shape index (κ3) is 4.28. The number of nitrogens with zero attached hydrogens (tertiary/aromatic N) is 1. The van der Waals surface area contributed by atoms with E-state index in [4.69, 9.17) is 22.1 Å². The summed E-state index contributed by atoms with van der Waals surface area (Å²) >= 11 is 5.85. The lowest BCUT2D eigenvalue weighted by Gasteiger charge is -2.15. The second-order valence-corrected chi connectivity index (χ2v) is 4.68. The smallest absolute Gasteiger partial charge is 0.138 e. The fourth-order valence-electron chi connectivity index (χ4n) is 1.94. The first-order valence-electron chi connectivity index (χ1n) is 5.71. The van der Waals surface area contributed by atoms with E-state index in [1.54, 1.807) is 6.07 Å². The molecule has 3 nitrogen and oxygen atoms in total. The molecule has 0 saturated carbocycles. The van der Waals surface area contributed by atoms with E-state index in [9.17, 15) is 4.39 Å². The normalized spacial score (nSPS) is 19.6. The summed E-state index contributed by atoms with van der Waals surface area (Å²) < 4.78 is 18.3. The van der Waals surface area contributed by atoms with E-state index in [2.05, 4.69) is 4.90 Å². The highest BCUT2D eigenvalue weighted by Crippen LogP contribution is 2.24. The Hall–Kier alpha value is -0.550. The van der Waals surface area contributed by atoms with Gasteiger partial charge in [0, 0.05) is 19.1 Å². The van der Waals surface area contributed by atoms with Crippen molar-refractivity contribution in [3.05, 3.63) is 29.0 Å². The molecule has 0 bridgehead atoms. The quantitative estimate of drug-likeness (QED) is 0.926. The fraction of sp³-hybridized carbons (Fsp3) is 0.500. The Morgan fingerprint density at radius 2 is 2.28 bits per heavy atom. The molecule has 18 heavy (non-hydrogen) atoms. The predicted molar refractivity (Wildman–Crippen MR) is 73.2 cm³/mol. The number of rotatable bonds is 4. The fourth-order valence-corrected chi connectivity index (χ4v) is 2.16. The van der Waals surface area contributed by atoms with Crippen molar-refractivity contribution in [1.82, 2.24) is 4.90 Å². The molecule has 1 aromatic carbocycles. The van der Waals surface area contributed by atoms with E-state index in [-0.39, 0.29) is 24.3 Å². The first-order valence-corrected chi connectivity index (χ1v) is 6.09. The molecule has 0 unspecified atom stereocenters. The number of halogens is 3. The van der Waals surface area contributed by atoms with Gasteiger partial charge in [0.2, 0.25) is 0 Å². The van der Waals surface area contributed by atoms with Crippen LogP contribution in [0.2, 0.25) is 5.02 Å². The van der Waals surface area contributed by atoms with Crippen LogP contribution < -0.4 is 10.5 Å². The van der Waals surface area contributed by atoms with Crippen molar-refractivity contribution in [1.29, 1.82) is 0 Å². The summed E-state index contributed by atoms with van der Waals surface area (Å²) in [5.41, 5.74) is 5.80. The second-order valence-electron chi connectivity index (χ2n) is 4.27. The molecule has 0 aromatic heterocycles. The molecule has 1 atom stereocenters. The lowest BCUT2D eigenvalue weighted by atomic mass is 10.3. The summed E-state index contributed by atoms with van der Waals surface area (Å²) in [6.07, 6.45) is 1.04. The van der Waals surface area contributed by atoms with Crippen LogP contribution in [-0.4, -0.2) is 37.2 Å². The van der Waals surface area contributed by atoms with Gasteiger partial charge >= 0.3 is 0 Å². The third-order valence-corrected chi connectivity index (χ3v) is 3.16. The van der Waals surface area contributed by atoms with Crippen molar-refractivity contribution in [3.8, 4) is 5.75 Å². The van der Waals surface area contributed by atoms with Crippen LogP contribution in [0.15, 0.2) is 18.2 Å². The van der Waals surface area contributed by atoms with Crippen LogP contribution in [-0.2, 0) is 0 Å². The molecule has 1 aromatic rings. The zero-order chi connectivity index (χ0) is 12.3. The van der Waals surface area contributed by atoms with Crippen molar-refractivity contribution < 1.29 is 9.13 Å². The minimum Gasteiger partial charge on any atom is -0.491 e. The number of hydrogen-bond acceptors (Lipinski definition) is 3. The van der Waals surface area contributed by atoms with Gasteiger partial charge in [0.25, 0.3) is 0 Å². The van der Waals surface area contributed by atoms with Gasteiger partial charge in [-0.2, -0.15) is 0 Å². The molecule has 1 aliphatic heterocycles. The van der Waals surface area contributed by atoms with Gasteiger partial charge < -0.3 is 10.5 Å². The summed E-state index contributed by atoms with van der Waals surface area (Å²) in [5.74, 6) is 0.171. The topological polar surface area (TPSA) is 38.5 Å². The Kier molecular flexibility index (Phi) is 6.15. The molecular formula is C12H17Cl2FN2O. The molecule has 0 aliphatic carbocycles. The standard InChI is InChI=1S/C12H16ClFN2O.ClH/c13-11-7-9(14)1-2-12(11)17-6-5-16-4-3-10(15)8-16;/h1-2,7,10H,3-6,8,15H2;1H/t10-;/m0./s1. The Bertz CT molecular complexity index is 392. The van der Waals surface area contributed by atoms with Crippen molar-refractivity contribution in [3.63, 3.8) is 0 Å². The molecule has 1 heterocycles. The molecule has 102 valence electrons. The number of nitrogens with two attached hydrogens (primary N) is 1. The van der Waals surface area contributed by atoms with Gasteiger partial charge in [-0.25, -0.2) is 4.39 Å². The zero-order valence-corrected chi connectivity index (χ0v) is 11.5. The van der Waals surface area contributed by atoms with E-state index < -0.39 is 0 Å². The molecule has 0 amide bonds. The van der Waals surface area contributed by atoms with E-state index in [1.165, 1.54) is 12.1 Å². The van der Waals surface area contributed by atoms with E-state index in [0.717, 1.165) is 26.1 Å². The predicted octanol–water partition coefficient (Wildman–Crippen LogP) is 2.31. The minimum absolute atomic E-state index is 0. The van der Waals surface area contributed by atoms with Gasteiger partial charge in [-0.1, -0.05) is 11.6 Å². The van der Waals surface area contributed by atoms with Gasteiger partial charge in [0.1, 0.15) is 18.2 Å². The Morgan fingerprint density at radius 3 is 2.89 bits per heavy atom.